The van der Waals surface area contributed by atoms with E-state index in [4.69, 9.17) is 65.0 Å². The number of fused-ring (bicyclic) bond motifs is 8. The van der Waals surface area contributed by atoms with Gasteiger partial charge in [0.1, 0.15) is 62.0 Å². The van der Waals surface area contributed by atoms with Gasteiger partial charge < -0.3 is 118 Å². The zero-order valence-corrected chi connectivity index (χ0v) is 80.3. The number of aliphatic carboxylic acids is 1. The second kappa shape index (κ2) is 54.6. The van der Waals surface area contributed by atoms with Crippen LogP contribution in [0.5, 0.6) is 40.2 Å². The van der Waals surface area contributed by atoms with Gasteiger partial charge in [0.25, 0.3) is 0 Å². The van der Waals surface area contributed by atoms with E-state index in [0.717, 1.165) is 68.0 Å². The number of carbonyl (C=O) groups excluding carboxylic acids is 12. The van der Waals surface area contributed by atoms with Crippen molar-refractivity contribution in [1.29, 1.82) is 0 Å². The average Bonchev–Trinajstić information content (AvgIpc) is 1.60. The first-order chi connectivity index (χ1) is 66.1. The van der Waals surface area contributed by atoms with Crippen molar-refractivity contribution in [2.45, 2.75) is 60.8 Å². The van der Waals surface area contributed by atoms with E-state index in [-0.39, 0.29) is 201 Å². The molecule has 2 saturated heterocycles. The first-order valence-corrected chi connectivity index (χ1v) is 45.0. The van der Waals surface area contributed by atoms with Gasteiger partial charge in [-0.25, -0.2) is 78.3 Å². The van der Waals surface area contributed by atoms with Crippen molar-refractivity contribution < 1.29 is 204 Å². The molecule has 140 heavy (non-hydrogen) atoms. The molecule has 6 unspecified atom stereocenters. The molecule has 7 aliphatic heterocycles. The number of rotatable bonds is 12. The third-order valence-corrected chi connectivity index (χ3v) is 20.0. The molecule has 2 fully saturated rings. The van der Waals surface area contributed by atoms with Crippen LogP contribution in [-0.4, -0.2) is 219 Å². The van der Waals surface area contributed by atoms with E-state index in [1.54, 1.807) is 0 Å². The number of aliphatic hydroxyl groups is 1. The second-order valence-corrected chi connectivity index (χ2v) is 33.8. The summed E-state index contributed by atoms with van der Waals surface area (Å²) in [6.07, 6.45) is -0.648. The summed E-state index contributed by atoms with van der Waals surface area (Å²) in [5.74, 6) is -13.3. The van der Waals surface area contributed by atoms with E-state index >= 15 is 0 Å². The number of nitrogen functional groups attached to an aromatic ring is 1. The molecule has 757 valence electrons. The molecule has 16 rings (SSSR count). The fourth-order valence-electron chi connectivity index (χ4n) is 12.7. The molecule has 1 aromatic heterocycles. The summed E-state index contributed by atoms with van der Waals surface area (Å²) >= 11 is 10.5. The van der Waals surface area contributed by atoms with E-state index in [1.807, 2.05) is 0 Å². The van der Waals surface area contributed by atoms with Crippen LogP contribution < -0.4 is 56.4 Å². The van der Waals surface area contributed by atoms with Crippen LogP contribution in [0.3, 0.4) is 0 Å². The Kier molecular flexibility index (Phi) is 44.8. The van der Waals surface area contributed by atoms with Gasteiger partial charge >= 0.3 is 105 Å². The number of benzene rings is 8. The molecule has 10 N–H and O–H groups in total. The van der Waals surface area contributed by atoms with E-state index in [2.05, 4.69) is 92.1 Å². The maximum absolute atomic E-state index is 13.7. The Labute approximate surface area is 821 Å². The Morgan fingerprint density at radius 2 is 0.907 bits per heavy atom. The molecule has 6 atom stereocenters. The van der Waals surface area contributed by atoms with Crippen molar-refractivity contribution in [2.75, 3.05) is 109 Å². The van der Waals surface area contributed by atoms with Crippen LogP contribution in [-0.2, 0) is 74.7 Å². The Morgan fingerprint density at radius 1 is 0.493 bits per heavy atom. The van der Waals surface area contributed by atoms with Crippen molar-refractivity contribution in [1.82, 2.24) is 5.32 Å². The minimum absolute atomic E-state index is 0. The van der Waals surface area contributed by atoms with Gasteiger partial charge in [0.05, 0.1) is 156 Å². The van der Waals surface area contributed by atoms with Gasteiger partial charge in [0.15, 0.2) is 110 Å². The summed E-state index contributed by atoms with van der Waals surface area (Å²) in [6.45, 7) is 0.978. The van der Waals surface area contributed by atoms with Gasteiger partial charge in [-0.3, -0.25) is 24.0 Å². The summed E-state index contributed by atoms with van der Waals surface area (Å²) in [5.41, 5.74) is 16.9. The Hall–Kier alpha value is -13.8. The SMILES string of the molecule is COC(=O)c1ccc(F)c(O)c1.COC(=O)c1ccc(F)c(OCCC(=O)O)c1.COC(=O)c1ccc(F)c2c1C(=O)C(Br)CO2.COC(=O)c1ccc(F)c2c1C(=O)CCO2.COC(=O)c1ccc(F)c2c1C(O)C(N)CO2.COC(=O)c1ccc(F)c2c1C1OC(=O)NC1CO2.COC(=O)c1ccc(F)c2c1CC(N)CO2.COC(=O)c1ccc(F)c2occ(N)c(=O)c12.Cl.O=C1CCO1.[Br][Cu][Br]. The zero-order chi connectivity index (χ0) is 103. The molecule has 8 aromatic carbocycles. The van der Waals surface area contributed by atoms with Crippen molar-refractivity contribution in [3.63, 3.8) is 0 Å². The number of alkyl halides is 1. The molecule has 0 aliphatic carbocycles. The molecule has 8 heterocycles. The Balaban J connectivity index is 0.000000242. The molecule has 0 radical (unpaired) electrons. The molecule has 9 aromatic rings. The van der Waals surface area contributed by atoms with Crippen LogP contribution in [0.25, 0.3) is 11.0 Å². The number of phenolic OH excluding ortho intramolecular Hbond substituents is 1. The number of anilines is 1. The van der Waals surface area contributed by atoms with Gasteiger partial charge in [-0.15, -0.1) is 12.4 Å². The fraction of sp³-hybridized carbons (Fsp3) is 0.281. The summed E-state index contributed by atoms with van der Waals surface area (Å²) in [7, 11) is 9.67. The minimum atomic E-state index is -1.15. The number of halogens is 12. The first kappa shape index (κ1) is 115. The first-order valence-electron chi connectivity index (χ1n) is 39.5. The third kappa shape index (κ3) is 29.4. The molecule has 7 aliphatic rings. The molecule has 1 amide bonds. The van der Waals surface area contributed by atoms with Crippen molar-refractivity contribution in [3.8, 4) is 40.2 Å². The predicted octanol–water partition coefficient (Wildman–Crippen LogP) is 12.1. The quantitative estimate of drug-likeness (QED) is 0.0196. The Morgan fingerprint density at radius 3 is 1.43 bits per heavy atom. The number of aliphatic hydroxyl groups excluding tert-OH is 1. The number of aromatic hydroxyl groups is 1. The van der Waals surface area contributed by atoms with Gasteiger partial charge in [0, 0.05) is 23.6 Å². The van der Waals surface area contributed by atoms with Crippen LogP contribution in [0.1, 0.15) is 152 Å². The zero-order valence-electron chi connectivity index (χ0n) is 73.8. The molecular weight excluding hydrogens is 2160 g/mol. The number of alkyl carbamates (subject to hydrolysis) is 1. The van der Waals surface area contributed by atoms with Gasteiger partial charge in [-0.2, -0.15) is 0 Å². The number of carbonyl (C=O) groups is 13. The number of nitrogens with two attached hydrogens (primary N) is 3. The number of nitrogens with one attached hydrogen (secondary N) is 1. The number of ketones is 2. The molecule has 38 nitrogen and oxygen atoms in total. The van der Waals surface area contributed by atoms with E-state index < -0.39 is 147 Å². The number of carboxylic acid groups (broad SMARTS) is 1. The van der Waals surface area contributed by atoms with Gasteiger partial charge in [0.2, 0.25) is 5.43 Å². The summed E-state index contributed by atoms with van der Waals surface area (Å²) in [6, 6.07) is 19.5. The van der Waals surface area contributed by atoms with Crippen LogP contribution in [0.2, 0.25) is 0 Å². The van der Waals surface area contributed by atoms with Crippen molar-refractivity contribution >= 4 is 151 Å². The van der Waals surface area contributed by atoms with Gasteiger partial charge in [-0.05, 0) is 116 Å². The summed E-state index contributed by atoms with van der Waals surface area (Å²) in [4.78, 5) is 157. The average molecular weight is 2240 g/mol. The maximum atomic E-state index is 13.7. The number of hydrogen-bond acceptors (Lipinski definition) is 36. The number of carboxylic acids is 1. The Bertz CT molecular complexity index is 6190. The number of cyclic esters (lactones) is 1. The second-order valence-electron chi connectivity index (χ2n) is 28.0. The normalized spacial score (nSPS) is 16.0. The standard InChI is InChI=1S/C12H10FNO5.C11H8BrFO4.C11H12FNO4.C11H8FNO4.C11H12FNO3.C11H11FO5.C11H9FO4.C8H7FO3.C3H4O2.2BrH.ClH.Cu/c1-17-11(15)5-2-3-6(13)9-8(5)10-7(4-18-9)14-12(16)19-10;1-16-11(15)5-2-3-7(13)10-8(5)9(14)6(12)4-17-10;2*1-16-11(15)5-2-3-6(12)10-8(5)9(14)7(13)4-17-10;1-15-11(14)7-2-3-9(12)10-8(7)4-6(13)5-16-10;1-16-11(15)7-2-3-8(12)9(6-7)17-5-4-10(13)14;1-15-11(14)6-2-3-7(12)10-9(6)8(13)4-5-16-10;1-12-8(11)5-2-3-6(9)7(10)4-5;4-3-1-2-5-3;;;;/h2-3,7,10H,4H2,1H3,(H,14,16);2-3,6H,4H2,1H3;2-3,7,9,14H,4,13H2,1H3;2-4H,13H2,1H3;2-3,6H,4-5,13H2,1H3;2-3,6H,4-5H2,1H3,(H,13,14);2-3H,4-5H2,1H3;2-4,10H,1H3;1-2H2;3*1H;/q;;;;;;;;;;;;+2/p-2. The molecule has 0 bridgehead atoms. The number of methoxy groups -OCH3 is 8. The fourth-order valence-corrected chi connectivity index (χ4v) is 13.0. The van der Waals surface area contributed by atoms with Crippen molar-refractivity contribution in [2.24, 2.45) is 11.5 Å². The van der Waals surface area contributed by atoms with Crippen LogP contribution in [0.15, 0.2) is 125 Å². The topological polar surface area (TPSA) is 551 Å². The molecule has 51 heteroatoms. The number of ether oxygens (including phenoxy) is 16. The third-order valence-electron chi connectivity index (χ3n) is 19.3. The number of Topliss-reactive ketones (excluding diaryl/α,β-unsaturated/α-hetero) is 2. The monoisotopic (exact) mass is 2240 g/mol. The van der Waals surface area contributed by atoms with Gasteiger partial charge in [-0.1, -0.05) is 15.9 Å². The van der Waals surface area contributed by atoms with E-state index in [9.17, 15) is 107 Å². The van der Waals surface area contributed by atoms with E-state index in [0.29, 0.717) is 30.6 Å². The number of amides is 1. The molecule has 0 saturated carbocycles. The summed E-state index contributed by atoms with van der Waals surface area (Å²) in [5, 5.41) is 29.5. The predicted molar refractivity (Wildman–Crippen MR) is 477 cm³/mol. The van der Waals surface area contributed by atoms with Crippen LogP contribution in [0.4, 0.5) is 45.6 Å². The number of esters is 9. The van der Waals surface area contributed by atoms with Crippen LogP contribution >= 0.6 is 56.6 Å². The van der Waals surface area contributed by atoms with E-state index in [1.165, 1.54) is 116 Å². The number of phenols is 1. The number of hydrogen-bond donors (Lipinski definition) is 7. The van der Waals surface area contributed by atoms with Crippen molar-refractivity contribution in [3.05, 3.63) is 245 Å². The molecule has 0 spiro atoms. The molecular formula is C89H82Br3ClCuF8N4O34. The van der Waals surface area contributed by atoms with Crippen LogP contribution in [0, 0.1) is 46.5 Å². The summed E-state index contributed by atoms with van der Waals surface area (Å²) < 4.78 is 188.